The molecule has 3 rings (SSSR count). The van der Waals surface area contributed by atoms with Gasteiger partial charge in [0.2, 0.25) is 0 Å². The number of nitrogens with one attached hydrogen (secondary N) is 2. The number of amides is 1. The quantitative estimate of drug-likeness (QED) is 0.837. The van der Waals surface area contributed by atoms with Gasteiger partial charge in [-0.3, -0.25) is 4.79 Å². The maximum absolute atomic E-state index is 14.2. The van der Waals surface area contributed by atoms with Crippen molar-refractivity contribution in [1.82, 2.24) is 10.6 Å². The number of hydrogen-bond donors (Lipinski definition) is 2. The van der Waals surface area contributed by atoms with E-state index in [0.717, 1.165) is 25.2 Å². The normalized spacial score (nSPS) is 21.7. The molecule has 2 N–H and O–H groups in total. The van der Waals surface area contributed by atoms with Crippen molar-refractivity contribution in [3.8, 4) is 0 Å². The maximum Gasteiger partial charge on any atom is 0.254 e. The summed E-state index contributed by atoms with van der Waals surface area (Å²) in [5, 5.41) is 5.47. The van der Waals surface area contributed by atoms with Gasteiger partial charge in [-0.25, -0.2) is 17.6 Å². The van der Waals surface area contributed by atoms with Crippen LogP contribution in [0.5, 0.6) is 0 Å². The van der Waals surface area contributed by atoms with Crippen LogP contribution in [0.3, 0.4) is 0 Å². The molecule has 1 aliphatic carbocycles. The number of carbonyl (C=O) groups excluding carboxylic acids is 1. The Labute approximate surface area is 131 Å². The minimum Gasteiger partial charge on any atom is -0.349 e. The van der Waals surface area contributed by atoms with Gasteiger partial charge in [-0.05, 0) is 49.5 Å². The molecule has 0 bridgehead atoms. The number of rotatable bonds is 3. The standard InChI is InChI=1S/C16H18F4N2O/c17-13-6-12(15(23)22-10-7-16(19,20)8-10)14(18)5-11(13)9-1-3-21-4-2-9/h5-6,9-10,21H,1-4,7-8H2,(H,22,23). The van der Waals surface area contributed by atoms with Gasteiger partial charge in [0.05, 0.1) is 5.56 Å². The van der Waals surface area contributed by atoms with Gasteiger partial charge in [-0.15, -0.1) is 0 Å². The summed E-state index contributed by atoms with van der Waals surface area (Å²) >= 11 is 0. The molecule has 1 aromatic carbocycles. The number of piperidine rings is 1. The molecule has 1 saturated carbocycles. The van der Waals surface area contributed by atoms with E-state index in [1.807, 2.05) is 0 Å². The summed E-state index contributed by atoms with van der Waals surface area (Å²) in [6.45, 7) is 1.48. The van der Waals surface area contributed by atoms with E-state index in [2.05, 4.69) is 10.6 Å². The number of alkyl halides is 2. The monoisotopic (exact) mass is 330 g/mol. The van der Waals surface area contributed by atoms with Gasteiger partial charge in [0, 0.05) is 18.9 Å². The first kappa shape index (κ1) is 16.2. The third-order valence-electron chi connectivity index (χ3n) is 4.54. The van der Waals surface area contributed by atoms with Gasteiger partial charge >= 0.3 is 0 Å². The molecule has 126 valence electrons. The van der Waals surface area contributed by atoms with Crippen molar-refractivity contribution >= 4 is 5.91 Å². The van der Waals surface area contributed by atoms with Crippen molar-refractivity contribution in [1.29, 1.82) is 0 Å². The molecule has 3 nitrogen and oxygen atoms in total. The van der Waals surface area contributed by atoms with Crippen LogP contribution in [-0.4, -0.2) is 31.0 Å². The lowest BCUT2D eigenvalue weighted by molar-refractivity contribution is -0.0901. The molecule has 1 saturated heterocycles. The van der Waals surface area contributed by atoms with Crippen LogP contribution in [0.15, 0.2) is 12.1 Å². The van der Waals surface area contributed by atoms with Crippen LogP contribution >= 0.6 is 0 Å². The lowest BCUT2D eigenvalue weighted by atomic mass is 9.87. The molecule has 0 atom stereocenters. The zero-order chi connectivity index (χ0) is 16.6. The molecular formula is C16H18F4N2O. The Bertz CT molecular complexity index is 606. The van der Waals surface area contributed by atoms with Gasteiger partial charge in [0.1, 0.15) is 11.6 Å². The Morgan fingerprint density at radius 2 is 1.78 bits per heavy atom. The summed E-state index contributed by atoms with van der Waals surface area (Å²) in [5.74, 6) is -5.14. The Hall–Kier alpha value is -1.63. The zero-order valence-electron chi connectivity index (χ0n) is 12.5. The average Bonchev–Trinajstić information content (AvgIpc) is 2.48. The molecule has 7 heteroatoms. The molecule has 1 aliphatic heterocycles. The van der Waals surface area contributed by atoms with E-state index in [4.69, 9.17) is 0 Å². The van der Waals surface area contributed by atoms with Crippen molar-refractivity contribution in [2.24, 2.45) is 0 Å². The van der Waals surface area contributed by atoms with Crippen LogP contribution < -0.4 is 10.6 Å². The van der Waals surface area contributed by atoms with E-state index < -0.39 is 47.9 Å². The highest BCUT2D eigenvalue weighted by Crippen LogP contribution is 2.37. The Kier molecular flexibility index (Phi) is 4.31. The van der Waals surface area contributed by atoms with Crippen molar-refractivity contribution in [3.63, 3.8) is 0 Å². The summed E-state index contributed by atoms with van der Waals surface area (Å²) in [4.78, 5) is 11.9. The highest BCUT2D eigenvalue weighted by atomic mass is 19.3. The second-order valence-corrected chi connectivity index (χ2v) is 6.31. The van der Waals surface area contributed by atoms with Crippen molar-refractivity contribution in [2.75, 3.05) is 13.1 Å². The van der Waals surface area contributed by atoms with Gasteiger partial charge in [0.25, 0.3) is 11.8 Å². The van der Waals surface area contributed by atoms with E-state index in [0.29, 0.717) is 12.8 Å². The predicted molar refractivity (Wildman–Crippen MR) is 76.6 cm³/mol. The molecule has 1 aromatic rings. The van der Waals surface area contributed by atoms with E-state index >= 15 is 0 Å². The highest BCUT2D eigenvalue weighted by molar-refractivity contribution is 5.94. The molecule has 2 fully saturated rings. The van der Waals surface area contributed by atoms with Crippen molar-refractivity contribution < 1.29 is 22.4 Å². The second kappa shape index (κ2) is 6.11. The Morgan fingerprint density at radius 1 is 1.13 bits per heavy atom. The first-order valence-electron chi connectivity index (χ1n) is 7.74. The lowest BCUT2D eigenvalue weighted by Crippen LogP contribution is -2.50. The highest BCUT2D eigenvalue weighted by Gasteiger charge is 2.46. The second-order valence-electron chi connectivity index (χ2n) is 6.31. The van der Waals surface area contributed by atoms with E-state index in [1.165, 1.54) is 0 Å². The maximum atomic E-state index is 14.2. The van der Waals surface area contributed by atoms with Crippen molar-refractivity contribution in [3.05, 3.63) is 34.9 Å². The third kappa shape index (κ3) is 3.49. The first-order chi connectivity index (χ1) is 10.9. The van der Waals surface area contributed by atoms with Gasteiger partial charge in [-0.1, -0.05) is 0 Å². The number of hydrogen-bond acceptors (Lipinski definition) is 2. The minimum absolute atomic E-state index is 0.0758. The van der Waals surface area contributed by atoms with Gasteiger partial charge in [-0.2, -0.15) is 0 Å². The molecule has 23 heavy (non-hydrogen) atoms. The molecule has 0 radical (unpaired) electrons. The van der Waals surface area contributed by atoms with E-state index in [9.17, 15) is 22.4 Å². The summed E-state index contributed by atoms with van der Waals surface area (Å²) in [6.07, 6.45) is 0.490. The predicted octanol–water partition coefficient (Wildman–Crippen LogP) is 2.96. The SMILES string of the molecule is O=C(NC1CC(F)(F)C1)c1cc(F)c(C2CCNCC2)cc1F. The largest absolute Gasteiger partial charge is 0.349 e. The number of benzene rings is 1. The molecule has 0 spiro atoms. The van der Waals surface area contributed by atoms with Crippen LogP contribution in [0.25, 0.3) is 0 Å². The van der Waals surface area contributed by atoms with Crippen LogP contribution in [0, 0.1) is 11.6 Å². The van der Waals surface area contributed by atoms with Crippen LogP contribution in [-0.2, 0) is 0 Å². The molecular weight excluding hydrogens is 312 g/mol. The van der Waals surface area contributed by atoms with Crippen molar-refractivity contribution in [2.45, 2.75) is 43.6 Å². The Balaban J connectivity index is 1.73. The minimum atomic E-state index is -2.78. The fourth-order valence-corrected chi connectivity index (χ4v) is 3.21. The molecule has 1 amide bonds. The summed E-state index contributed by atoms with van der Waals surface area (Å²) in [5.41, 5.74) is -0.161. The zero-order valence-corrected chi connectivity index (χ0v) is 12.5. The summed E-state index contributed by atoms with van der Waals surface area (Å²) in [6, 6.07) is 1.25. The van der Waals surface area contributed by atoms with Crippen LogP contribution in [0.4, 0.5) is 17.6 Å². The lowest BCUT2D eigenvalue weighted by Gasteiger charge is -2.35. The topological polar surface area (TPSA) is 41.1 Å². The van der Waals surface area contributed by atoms with Crippen LogP contribution in [0.2, 0.25) is 0 Å². The summed E-state index contributed by atoms with van der Waals surface area (Å²) in [7, 11) is 0. The van der Waals surface area contributed by atoms with Crippen LogP contribution in [0.1, 0.15) is 47.5 Å². The van der Waals surface area contributed by atoms with Gasteiger partial charge in [0.15, 0.2) is 0 Å². The molecule has 0 aromatic heterocycles. The number of carbonyl (C=O) groups is 1. The summed E-state index contributed by atoms with van der Waals surface area (Å²) < 4.78 is 53.9. The Morgan fingerprint density at radius 3 is 2.39 bits per heavy atom. The fourth-order valence-electron chi connectivity index (χ4n) is 3.21. The number of halogens is 4. The molecule has 1 heterocycles. The first-order valence-corrected chi connectivity index (χ1v) is 7.74. The van der Waals surface area contributed by atoms with E-state index in [1.54, 1.807) is 0 Å². The fraction of sp³-hybridized carbons (Fsp3) is 0.562. The molecule has 2 aliphatic rings. The molecule has 0 unspecified atom stereocenters. The average molecular weight is 330 g/mol. The third-order valence-corrected chi connectivity index (χ3v) is 4.54. The van der Waals surface area contributed by atoms with Gasteiger partial charge < -0.3 is 10.6 Å². The van der Waals surface area contributed by atoms with E-state index in [-0.39, 0.29) is 11.5 Å². The smallest absolute Gasteiger partial charge is 0.254 e.